The van der Waals surface area contributed by atoms with Gasteiger partial charge >= 0.3 is 0 Å². The second kappa shape index (κ2) is 15.6. The molecule has 51 heavy (non-hydrogen) atoms. The number of methoxy groups -OCH3 is 1. The van der Waals surface area contributed by atoms with Gasteiger partial charge in [0.15, 0.2) is 0 Å². The minimum absolute atomic E-state index is 0.172. The van der Waals surface area contributed by atoms with Gasteiger partial charge < -0.3 is 19.3 Å². The number of piperazine rings is 1. The van der Waals surface area contributed by atoms with Gasteiger partial charge in [-0.05, 0) is 123 Å². The van der Waals surface area contributed by atoms with Gasteiger partial charge in [0.25, 0.3) is 5.91 Å². The second-order valence-corrected chi connectivity index (χ2v) is 19.3. The molecule has 3 aliphatic heterocycles. The molecule has 7 atom stereocenters. The number of nitrogens with zero attached hydrogens (tertiary/aromatic N) is 3. The fraction of sp³-hybridized carbons (Fsp3) is 0.659. The van der Waals surface area contributed by atoms with Crippen molar-refractivity contribution in [3.05, 3.63) is 58.1 Å². The molecule has 1 spiro atoms. The molecule has 1 N–H and O–H groups in total. The third-order valence-electron chi connectivity index (χ3n) is 13.3. The van der Waals surface area contributed by atoms with Gasteiger partial charge in [-0.15, -0.1) is 0 Å². The van der Waals surface area contributed by atoms with E-state index in [0.717, 1.165) is 108 Å². The number of hydrogen-bond donors (Lipinski definition) is 1. The Labute approximate surface area is 311 Å². The predicted octanol–water partition coefficient (Wildman–Crippen LogP) is 6.29. The largest absolute Gasteiger partial charge is 0.490 e. The maximum atomic E-state index is 14.0. The topological polar surface area (TPSA) is 74.4 Å². The number of carbonyl (C=O) groups excluding carboxylic acids is 1. The van der Waals surface area contributed by atoms with E-state index in [9.17, 15) is 9.00 Å². The van der Waals surface area contributed by atoms with E-state index in [0.29, 0.717) is 29.9 Å². The molecule has 8 nitrogen and oxygen atoms in total. The first-order valence-corrected chi connectivity index (χ1v) is 21.6. The van der Waals surface area contributed by atoms with E-state index in [1.807, 2.05) is 31.2 Å². The molecule has 2 aliphatic carbocycles. The number of aryl methyl sites for hydroxylation is 1. The Morgan fingerprint density at radius 1 is 1.04 bits per heavy atom. The molecular formula is C41H59ClN4O4S. The van der Waals surface area contributed by atoms with Crippen LogP contribution in [-0.4, -0.2) is 104 Å². The Morgan fingerprint density at radius 3 is 2.61 bits per heavy atom. The van der Waals surface area contributed by atoms with Crippen molar-refractivity contribution in [3.63, 3.8) is 0 Å². The standard InChI is InChI=1S/C41H59ClN4O4S/c1-29-7-5-8-33(25-45-19-17-44(18-20-45)21-22-49-3)36-13-10-34(36)26-46-27-41(16-6-9-31-23-35(42)12-14-37(31)41)28-50-39-15-11-32(24-38(39)46)40(47)43-51(4,48)30(29)2/h11-12,14-15,23-24,29-30,33-34,36H,4-10,13,16-22,25-28H2,1-3H3,(H,43,47,48)/t29-,30+,33+,34-,36-,41-,51?/m0/s1. The van der Waals surface area contributed by atoms with E-state index in [-0.39, 0.29) is 22.5 Å². The van der Waals surface area contributed by atoms with Crippen molar-refractivity contribution >= 4 is 38.8 Å². The van der Waals surface area contributed by atoms with Crippen molar-refractivity contribution in [1.29, 1.82) is 0 Å². The smallest absolute Gasteiger partial charge is 0.262 e. The molecule has 2 aromatic rings. The average molecular weight is 739 g/mol. The molecule has 10 heteroatoms. The number of benzene rings is 2. The molecule has 1 saturated carbocycles. The molecule has 2 bridgehead atoms. The summed E-state index contributed by atoms with van der Waals surface area (Å²) in [4.78, 5) is 21.6. The Hall–Kier alpha value is -2.30. The number of hydrogen-bond acceptors (Lipinski definition) is 7. The van der Waals surface area contributed by atoms with Gasteiger partial charge in [0.2, 0.25) is 0 Å². The molecule has 0 radical (unpaired) electrons. The van der Waals surface area contributed by atoms with Crippen molar-refractivity contribution in [2.75, 3.05) is 77.6 Å². The molecule has 1 saturated heterocycles. The minimum atomic E-state index is -2.87. The quantitative estimate of drug-likeness (QED) is 0.362. The fourth-order valence-electron chi connectivity index (χ4n) is 9.79. The van der Waals surface area contributed by atoms with E-state index >= 15 is 0 Å². The number of nitrogens with one attached hydrogen (secondary N) is 1. The summed E-state index contributed by atoms with van der Waals surface area (Å²) in [6.07, 6.45) is 8.93. The van der Waals surface area contributed by atoms with Crippen LogP contribution in [0.4, 0.5) is 5.69 Å². The summed E-state index contributed by atoms with van der Waals surface area (Å²) in [6.45, 7) is 13.9. The Morgan fingerprint density at radius 2 is 1.84 bits per heavy atom. The zero-order chi connectivity index (χ0) is 35.8. The lowest BCUT2D eigenvalue weighted by atomic mass is 9.65. The van der Waals surface area contributed by atoms with Crippen molar-refractivity contribution < 1.29 is 18.5 Å². The van der Waals surface area contributed by atoms with E-state index in [1.165, 1.54) is 30.4 Å². The summed E-state index contributed by atoms with van der Waals surface area (Å²) in [5, 5.41) is 0.555. The number of ether oxygens (including phenoxy) is 2. The molecule has 5 aliphatic rings. The van der Waals surface area contributed by atoms with Crippen LogP contribution in [0.25, 0.3) is 0 Å². The molecule has 1 amide bonds. The van der Waals surface area contributed by atoms with Crippen molar-refractivity contribution in [2.24, 2.45) is 23.7 Å². The van der Waals surface area contributed by atoms with Gasteiger partial charge in [0.05, 0.1) is 28.6 Å². The number of rotatable bonds is 5. The van der Waals surface area contributed by atoms with Crippen LogP contribution in [0.2, 0.25) is 5.02 Å². The van der Waals surface area contributed by atoms with E-state index in [2.05, 4.69) is 44.3 Å². The van der Waals surface area contributed by atoms with Crippen molar-refractivity contribution in [1.82, 2.24) is 14.5 Å². The van der Waals surface area contributed by atoms with Crippen LogP contribution < -0.4 is 14.4 Å². The summed E-state index contributed by atoms with van der Waals surface area (Å²) >= 11 is 6.51. The maximum absolute atomic E-state index is 14.0. The van der Waals surface area contributed by atoms with Gasteiger partial charge in [-0.3, -0.25) is 14.4 Å². The highest BCUT2D eigenvalue weighted by Gasteiger charge is 2.45. The van der Waals surface area contributed by atoms with Crippen LogP contribution >= 0.6 is 11.6 Å². The maximum Gasteiger partial charge on any atom is 0.262 e. The fourth-order valence-corrected chi connectivity index (χ4v) is 11.5. The summed E-state index contributed by atoms with van der Waals surface area (Å²) < 4.78 is 29.0. The van der Waals surface area contributed by atoms with Crippen LogP contribution in [0.15, 0.2) is 36.4 Å². The molecule has 3 heterocycles. The monoisotopic (exact) mass is 738 g/mol. The number of halogens is 1. The molecule has 280 valence electrons. The van der Waals surface area contributed by atoms with Gasteiger partial charge in [-0.25, -0.2) is 4.21 Å². The van der Waals surface area contributed by atoms with E-state index in [1.54, 1.807) is 7.11 Å². The zero-order valence-electron chi connectivity index (χ0n) is 31.0. The summed E-state index contributed by atoms with van der Waals surface area (Å²) in [7, 11) is -1.08. The Bertz CT molecular complexity index is 1660. The molecule has 0 aromatic heterocycles. The highest BCUT2D eigenvalue weighted by Crippen LogP contribution is 2.48. The lowest BCUT2D eigenvalue weighted by Crippen LogP contribution is -2.51. The molecule has 1 unspecified atom stereocenters. The number of fused-ring (bicyclic) bond motifs is 4. The van der Waals surface area contributed by atoms with Crippen LogP contribution in [0.5, 0.6) is 5.75 Å². The van der Waals surface area contributed by atoms with Crippen LogP contribution in [0, 0.1) is 23.7 Å². The lowest BCUT2D eigenvalue weighted by Gasteiger charge is -2.48. The third kappa shape index (κ3) is 7.98. The molecule has 2 fully saturated rings. The Kier molecular flexibility index (Phi) is 11.3. The number of carbonyl (C=O) groups is 1. The zero-order valence-corrected chi connectivity index (χ0v) is 32.6. The van der Waals surface area contributed by atoms with Crippen LogP contribution in [0.1, 0.15) is 80.3 Å². The lowest BCUT2D eigenvalue weighted by molar-refractivity contribution is 0.0441. The van der Waals surface area contributed by atoms with Gasteiger partial charge in [0.1, 0.15) is 5.75 Å². The highest BCUT2D eigenvalue weighted by molar-refractivity contribution is 7.99. The second-order valence-electron chi connectivity index (χ2n) is 16.5. The normalized spacial score (nSPS) is 33.7. The summed E-state index contributed by atoms with van der Waals surface area (Å²) in [5.41, 5.74) is 3.98. The van der Waals surface area contributed by atoms with Crippen molar-refractivity contribution in [2.45, 2.75) is 75.9 Å². The van der Waals surface area contributed by atoms with Gasteiger partial charge in [-0.1, -0.05) is 31.0 Å². The average Bonchev–Trinajstić information content (AvgIpc) is 3.25. The van der Waals surface area contributed by atoms with Crippen LogP contribution in [-0.2, 0) is 26.3 Å². The summed E-state index contributed by atoms with van der Waals surface area (Å²) in [5.74, 6) is 6.62. The first-order chi connectivity index (χ1) is 24.5. The third-order valence-corrected chi connectivity index (χ3v) is 15.7. The van der Waals surface area contributed by atoms with E-state index in [4.69, 9.17) is 21.1 Å². The van der Waals surface area contributed by atoms with Gasteiger partial charge in [-0.2, -0.15) is 0 Å². The molecule has 2 aromatic carbocycles. The first kappa shape index (κ1) is 37.0. The van der Waals surface area contributed by atoms with E-state index < -0.39 is 9.71 Å². The predicted molar refractivity (Wildman–Crippen MR) is 210 cm³/mol. The van der Waals surface area contributed by atoms with Crippen molar-refractivity contribution in [3.8, 4) is 5.75 Å². The summed E-state index contributed by atoms with van der Waals surface area (Å²) in [6, 6.07) is 12.2. The number of anilines is 1. The SMILES string of the molecule is C=S1(=O)NC(=O)c2ccc3c(c2)N(C[C@@H]2CC[C@H]2[C@@H](CN2CCN(CCOC)CC2)CCC[C@H](C)[C@H]1C)C[C@@]1(CCCc2cc(Cl)ccc21)CO3. The number of amides is 1. The molecule has 7 rings (SSSR count). The van der Waals surface area contributed by atoms with Crippen LogP contribution in [0.3, 0.4) is 0 Å². The Balaban J connectivity index is 1.21. The van der Waals surface area contributed by atoms with Gasteiger partial charge in [0, 0.05) is 80.7 Å². The minimum Gasteiger partial charge on any atom is -0.490 e. The first-order valence-electron chi connectivity index (χ1n) is 19.5. The highest BCUT2D eigenvalue weighted by atomic mass is 35.5. The molecular weight excluding hydrogens is 680 g/mol.